The van der Waals surface area contributed by atoms with Gasteiger partial charge in [0.1, 0.15) is 17.0 Å². The maximum absolute atomic E-state index is 12.9. The Hall–Kier alpha value is -2.22. The van der Waals surface area contributed by atoms with E-state index in [4.69, 9.17) is 39.3 Å². The maximum Gasteiger partial charge on any atom is 0.416 e. The van der Waals surface area contributed by atoms with Crippen molar-refractivity contribution in [2.45, 2.75) is 13.1 Å². The fourth-order valence-electron chi connectivity index (χ4n) is 2.52. The van der Waals surface area contributed by atoms with E-state index in [9.17, 15) is 18.0 Å². The van der Waals surface area contributed by atoms with E-state index in [0.717, 1.165) is 18.2 Å². The molecule has 1 heterocycles. The van der Waals surface area contributed by atoms with Crippen LogP contribution in [0.2, 0.25) is 15.1 Å². The van der Waals surface area contributed by atoms with Crippen LogP contribution >= 0.6 is 34.8 Å². The van der Waals surface area contributed by atoms with E-state index in [1.54, 1.807) is 18.2 Å². The summed E-state index contributed by atoms with van der Waals surface area (Å²) >= 11 is 18.3. The van der Waals surface area contributed by atoms with Crippen molar-refractivity contribution in [3.8, 4) is 11.3 Å². The second-order valence-electron chi connectivity index (χ2n) is 5.71. The van der Waals surface area contributed by atoms with Crippen molar-refractivity contribution in [2.24, 2.45) is 0 Å². The first kappa shape index (κ1) is 20.5. The molecule has 0 aliphatic carbocycles. The normalized spacial score (nSPS) is 11.5. The van der Waals surface area contributed by atoms with Gasteiger partial charge in [0.05, 0.1) is 26.3 Å². The fourth-order valence-corrected chi connectivity index (χ4v) is 3.26. The summed E-state index contributed by atoms with van der Waals surface area (Å²) < 4.78 is 43.9. The van der Waals surface area contributed by atoms with Crippen LogP contribution in [0.1, 0.15) is 21.7 Å². The van der Waals surface area contributed by atoms with Crippen molar-refractivity contribution >= 4 is 46.4 Å². The van der Waals surface area contributed by atoms with E-state index in [0.29, 0.717) is 0 Å². The summed E-state index contributed by atoms with van der Waals surface area (Å²) in [7, 11) is 0. The third kappa shape index (κ3) is 3.97. The van der Waals surface area contributed by atoms with E-state index in [-0.39, 0.29) is 43.3 Å². The van der Waals surface area contributed by atoms with E-state index in [2.05, 4.69) is 10.5 Å². The minimum absolute atomic E-state index is 0.0246. The van der Waals surface area contributed by atoms with Gasteiger partial charge in [-0.1, -0.05) is 46.0 Å². The molecule has 4 nitrogen and oxygen atoms in total. The molecule has 0 atom stereocenters. The second-order valence-corrected chi connectivity index (χ2v) is 6.93. The molecule has 0 unspecified atom stereocenters. The number of nitrogens with one attached hydrogen (secondary N) is 1. The van der Waals surface area contributed by atoms with Crippen molar-refractivity contribution < 1.29 is 22.5 Å². The number of anilines is 1. The molecule has 0 fully saturated rings. The molecular weight excluding hydrogens is 440 g/mol. The number of alkyl halides is 3. The summed E-state index contributed by atoms with van der Waals surface area (Å²) in [5.74, 6) is -0.641. The Balaban J connectivity index is 2.03. The molecule has 1 amide bonds. The van der Waals surface area contributed by atoms with Crippen LogP contribution in [0.4, 0.5) is 18.9 Å². The highest BCUT2D eigenvalue weighted by molar-refractivity contribution is 6.39. The predicted octanol–water partition coefficient (Wildman–Crippen LogP) is 6.88. The van der Waals surface area contributed by atoms with Gasteiger partial charge >= 0.3 is 6.18 Å². The van der Waals surface area contributed by atoms with Crippen LogP contribution in [-0.4, -0.2) is 11.1 Å². The number of hydrogen-bond donors (Lipinski definition) is 1. The molecule has 28 heavy (non-hydrogen) atoms. The molecule has 2 aromatic carbocycles. The Labute approximate surface area is 172 Å². The monoisotopic (exact) mass is 448 g/mol. The van der Waals surface area contributed by atoms with Crippen LogP contribution in [0.25, 0.3) is 11.3 Å². The number of carbonyl (C=O) groups excluding carboxylic acids is 1. The molecule has 1 N–H and O–H groups in total. The quantitative estimate of drug-likeness (QED) is 0.474. The highest BCUT2D eigenvalue weighted by Gasteiger charge is 2.31. The predicted molar refractivity (Wildman–Crippen MR) is 101 cm³/mol. The lowest BCUT2D eigenvalue weighted by molar-refractivity contribution is -0.137. The molecule has 0 aliphatic rings. The van der Waals surface area contributed by atoms with Crippen LogP contribution in [0, 0.1) is 6.92 Å². The van der Waals surface area contributed by atoms with Crippen molar-refractivity contribution in [3.05, 3.63) is 68.4 Å². The average Bonchev–Trinajstić information content (AvgIpc) is 2.97. The van der Waals surface area contributed by atoms with E-state index < -0.39 is 17.6 Å². The fraction of sp³-hybridized carbons (Fsp3) is 0.111. The maximum atomic E-state index is 12.9. The third-order valence-corrected chi connectivity index (χ3v) is 4.79. The smallest absolute Gasteiger partial charge is 0.360 e. The third-order valence-electron chi connectivity index (χ3n) is 3.83. The molecular formula is C18H10Cl3F3N2O2. The summed E-state index contributed by atoms with van der Waals surface area (Å²) in [6.45, 7) is 1.48. The average molecular weight is 450 g/mol. The van der Waals surface area contributed by atoms with Gasteiger partial charge in [0.15, 0.2) is 0 Å². The van der Waals surface area contributed by atoms with Crippen molar-refractivity contribution in [1.29, 1.82) is 0 Å². The Morgan fingerprint density at radius 1 is 1.07 bits per heavy atom. The first-order valence-corrected chi connectivity index (χ1v) is 8.81. The number of aromatic nitrogens is 1. The lowest BCUT2D eigenvalue weighted by Gasteiger charge is -2.12. The highest BCUT2D eigenvalue weighted by atomic mass is 35.5. The molecule has 3 rings (SSSR count). The second kappa shape index (κ2) is 7.66. The van der Waals surface area contributed by atoms with Gasteiger partial charge < -0.3 is 9.84 Å². The topological polar surface area (TPSA) is 55.1 Å². The lowest BCUT2D eigenvalue weighted by Crippen LogP contribution is -2.15. The van der Waals surface area contributed by atoms with E-state index in [1.807, 2.05) is 0 Å². The number of amides is 1. The molecule has 0 radical (unpaired) electrons. The van der Waals surface area contributed by atoms with Crippen LogP contribution in [-0.2, 0) is 6.18 Å². The first-order valence-electron chi connectivity index (χ1n) is 7.68. The van der Waals surface area contributed by atoms with Gasteiger partial charge in [0.25, 0.3) is 5.91 Å². The number of nitrogens with zero attached hydrogens (tertiary/aromatic N) is 1. The number of rotatable bonds is 3. The van der Waals surface area contributed by atoms with Gasteiger partial charge in [-0.05, 0) is 37.3 Å². The number of hydrogen-bond acceptors (Lipinski definition) is 3. The summed E-state index contributed by atoms with van der Waals surface area (Å²) in [5, 5.41) is 6.58. The van der Waals surface area contributed by atoms with Crippen molar-refractivity contribution in [1.82, 2.24) is 5.16 Å². The molecule has 0 spiro atoms. The lowest BCUT2D eigenvalue weighted by atomic mass is 10.1. The van der Waals surface area contributed by atoms with Crippen LogP contribution in [0.3, 0.4) is 0 Å². The molecule has 3 aromatic rings. The van der Waals surface area contributed by atoms with Crippen LogP contribution in [0.15, 0.2) is 40.9 Å². The summed E-state index contributed by atoms with van der Waals surface area (Å²) in [6.07, 6.45) is -4.59. The Kier molecular flexibility index (Phi) is 5.61. The first-order chi connectivity index (χ1) is 13.1. The standard InChI is InChI=1S/C18H10Cl3F3N2O2/c1-8-14(16(26-28-8)15-11(20)3-2-4-12(15)21)17(27)25-13-7-9(18(22,23)24)5-6-10(13)19/h2-7H,1H3,(H,25,27). The number of benzene rings is 2. The van der Waals surface area contributed by atoms with E-state index in [1.165, 1.54) is 6.92 Å². The molecule has 0 aliphatic heterocycles. The van der Waals surface area contributed by atoms with Gasteiger partial charge in [-0.15, -0.1) is 0 Å². The molecule has 0 saturated carbocycles. The van der Waals surface area contributed by atoms with E-state index >= 15 is 0 Å². The SMILES string of the molecule is Cc1onc(-c2c(Cl)cccc2Cl)c1C(=O)Nc1cc(C(F)(F)F)ccc1Cl. The zero-order valence-corrected chi connectivity index (χ0v) is 16.3. The molecule has 0 bridgehead atoms. The largest absolute Gasteiger partial charge is 0.416 e. The Morgan fingerprint density at radius 2 is 1.71 bits per heavy atom. The van der Waals surface area contributed by atoms with Gasteiger partial charge in [-0.25, -0.2) is 0 Å². The molecule has 146 valence electrons. The highest BCUT2D eigenvalue weighted by Crippen LogP contribution is 2.38. The minimum atomic E-state index is -4.59. The Bertz CT molecular complexity index is 1040. The van der Waals surface area contributed by atoms with Crippen LogP contribution in [0.5, 0.6) is 0 Å². The molecule has 10 heteroatoms. The zero-order valence-electron chi connectivity index (χ0n) is 14.0. The van der Waals surface area contributed by atoms with Gasteiger partial charge in [0, 0.05) is 5.56 Å². The minimum Gasteiger partial charge on any atom is -0.360 e. The summed E-state index contributed by atoms with van der Waals surface area (Å²) in [5.41, 5.74) is -0.859. The van der Waals surface area contributed by atoms with Crippen LogP contribution < -0.4 is 5.32 Å². The van der Waals surface area contributed by atoms with Gasteiger partial charge in [-0.2, -0.15) is 13.2 Å². The van der Waals surface area contributed by atoms with Gasteiger partial charge in [0.2, 0.25) is 0 Å². The zero-order chi connectivity index (χ0) is 20.6. The number of aryl methyl sites for hydroxylation is 1. The molecule has 0 saturated heterocycles. The molecule has 1 aromatic heterocycles. The van der Waals surface area contributed by atoms with Crippen molar-refractivity contribution in [2.75, 3.05) is 5.32 Å². The Morgan fingerprint density at radius 3 is 2.32 bits per heavy atom. The number of carbonyl (C=O) groups is 1. The van der Waals surface area contributed by atoms with Gasteiger partial charge in [-0.3, -0.25) is 4.79 Å². The van der Waals surface area contributed by atoms with Crippen molar-refractivity contribution in [3.63, 3.8) is 0 Å². The summed E-state index contributed by atoms with van der Waals surface area (Å²) in [4.78, 5) is 12.8. The summed E-state index contributed by atoms with van der Waals surface area (Å²) in [6, 6.07) is 7.33. The number of halogens is 6.